The normalized spacial score (nSPS) is 10.8. The van der Waals surface area contributed by atoms with Crippen molar-refractivity contribution in [3.05, 3.63) is 87.6 Å². The molecule has 0 radical (unpaired) electrons. The smallest absolute Gasteiger partial charge is 0.281 e. The number of nitrogens with zero attached hydrogens (tertiary/aromatic N) is 3. The van der Waals surface area contributed by atoms with Crippen molar-refractivity contribution in [1.82, 2.24) is 14.8 Å². The van der Waals surface area contributed by atoms with Gasteiger partial charge in [0.25, 0.3) is 5.91 Å². The molecule has 5 nitrogen and oxygen atoms in total. The average molecular weight is 388 g/mol. The number of nitrogens with one attached hydrogen (secondary N) is 1. The minimum Gasteiger partial charge on any atom is -0.349 e. The zero-order chi connectivity index (χ0) is 19.5. The number of aryl methyl sites for hydroxylation is 2. The largest absolute Gasteiger partial charge is 0.349 e. The molecule has 2 heterocycles. The molecule has 0 aliphatic rings. The zero-order valence-electron chi connectivity index (χ0n) is 15.7. The Kier molecular flexibility index (Phi) is 5.04. The van der Waals surface area contributed by atoms with Gasteiger partial charge in [0.1, 0.15) is 0 Å². The summed E-state index contributed by atoms with van der Waals surface area (Å²) in [5.74, 6) is 0.753. The summed E-state index contributed by atoms with van der Waals surface area (Å²) in [6.07, 6.45) is 0. The van der Waals surface area contributed by atoms with Crippen molar-refractivity contribution in [1.29, 1.82) is 0 Å². The van der Waals surface area contributed by atoms with Crippen molar-refractivity contribution in [3.63, 3.8) is 0 Å². The van der Waals surface area contributed by atoms with Crippen LogP contribution in [0.1, 0.15) is 26.4 Å². The van der Waals surface area contributed by atoms with Crippen LogP contribution in [0.2, 0.25) is 0 Å². The van der Waals surface area contributed by atoms with Gasteiger partial charge in [-0.05, 0) is 37.4 Å². The van der Waals surface area contributed by atoms with Crippen LogP contribution in [0.3, 0.4) is 0 Å². The zero-order valence-corrected chi connectivity index (χ0v) is 16.5. The van der Waals surface area contributed by atoms with Gasteiger partial charge in [-0.2, -0.15) is 9.67 Å². The van der Waals surface area contributed by atoms with E-state index in [9.17, 15) is 4.79 Å². The molecule has 28 heavy (non-hydrogen) atoms. The first-order valence-corrected chi connectivity index (χ1v) is 9.90. The van der Waals surface area contributed by atoms with E-state index in [0.717, 1.165) is 21.6 Å². The highest BCUT2D eigenvalue weighted by Gasteiger charge is 2.18. The molecule has 6 heteroatoms. The molecule has 2 aromatic heterocycles. The molecule has 0 spiro atoms. The van der Waals surface area contributed by atoms with Gasteiger partial charge in [0, 0.05) is 16.0 Å². The molecule has 0 saturated heterocycles. The topological polar surface area (TPSA) is 59.8 Å². The highest BCUT2D eigenvalue weighted by atomic mass is 32.1. The van der Waals surface area contributed by atoms with E-state index in [1.165, 1.54) is 4.68 Å². The maximum Gasteiger partial charge on any atom is 0.281 e. The Labute approximate surface area is 167 Å². The summed E-state index contributed by atoms with van der Waals surface area (Å²) in [4.78, 5) is 18.8. The summed E-state index contributed by atoms with van der Waals surface area (Å²) >= 11 is 1.65. The Morgan fingerprint density at radius 2 is 1.68 bits per heavy atom. The molecular formula is C22H20N4OS. The van der Waals surface area contributed by atoms with E-state index in [-0.39, 0.29) is 5.91 Å². The van der Waals surface area contributed by atoms with Gasteiger partial charge in [-0.25, -0.2) is 0 Å². The average Bonchev–Trinajstić information content (AvgIpc) is 3.37. The van der Waals surface area contributed by atoms with Crippen LogP contribution in [0, 0.1) is 13.8 Å². The molecule has 0 bridgehead atoms. The predicted octanol–water partition coefficient (Wildman–Crippen LogP) is 4.92. The minimum atomic E-state index is -0.209. The number of aromatic nitrogens is 3. The molecule has 0 atom stereocenters. The second-order valence-corrected chi connectivity index (χ2v) is 7.67. The monoisotopic (exact) mass is 388 g/mol. The number of anilines is 1. The number of benzene rings is 2. The van der Waals surface area contributed by atoms with Crippen molar-refractivity contribution >= 4 is 23.2 Å². The number of rotatable bonds is 5. The Hall–Kier alpha value is -3.25. The van der Waals surface area contributed by atoms with Gasteiger partial charge in [0.2, 0.25) is 5.95 Å². The maximum absolute atomic E-state index is 13.1. The van der Waals surface area contributed by atoms with E-state index in [1.807, 2.05) is 79.9 Å². The molecular weight excluding hydrogens is 368 g/mol. The van der Waals surface area contributed by atoms with E-state index < -0.39 is 0 Å². The Bertz CT molecular complexity index is 1080. The lowest BCUT2D eigenvalue weighted by Gasteiger charge is -2.06. The predicted molar refractivity (Wildman–Crippen MR) is 113 cm³/mol. The summed E-state index contributed by atoms with van der Waals surface area (Å²) in [6.45, 7) is 4.61. The number of carbonyl (C=O) groups is 1. The maximum atomic E-state index is 13.1. The highest BCUT2D eigenvalue weighted by Crippen LogP contribution is 2.21. The SMILES string of the molecule is Cc1ccc(C(=O)n2nc(-c3ccc(C)cc3)nc2NCc2cccs2)cc1. The summed E-state index contributed by atoms with van der Waals surface area (Å²) in [5.41, 5.74) is 3.71. The van der Waals surface area contributed by atoms with E-state index in [4.69, 9.17) is 0 Å². The number of carbonyl (C=O) groups excluding carboxylic acids is 1. The molecule has 0 amide bonds. The summed E-state index contributed by atoms with van der Waals surface area (Å²) in [7, 11) is 0. The first kappa shape index (κ1) is 18.1. The summed E-state index contributed by atoms with van der Waals surface area (Å²) < 4.78 is 1.35. The van der Waals surface area contributed by atoms with Crippen LogP contribution in [-0.4, -0.2) is 20.7 Å². The van der Waals surface area contributed by atoms with Crippen molar-refractivity contribution in [2.24, 2.45) is 0 Å². The van der Waals surface area contributed by atoms with Gasteiger partial charge in [-0.15, -0.1) is 16.4 Å². The van der Waals surface area contributed by atoms with Crippen molar-refractivity contribution < 1.29 is 4.79 Å². The molecule has 0 aliphatic heterocycles. The lowest BCUT2D eigenvalue weighted by Crippen LogP contribution is -2.17. The molecule has 4 rings (SSSR count). The Balaban J connectivity index is 1.70. The lowest BCUT2D eigenvalue weighted by atomic mass is 10.1. The van der Waals surface area contributed by atoms with Crippen molar-refractivity contribution in [3.8, 4) is 11.4 Å². The molecule has 140 valence electrons. The molecule has 1 N–H and O–H groups in total. The Morgan fingerprint density at radius 3 is 2.32 bits per heavy atom. The third kappa shape index (κ3) is 3.87. The molecule has 4 aromatic rings. The van der Waals surface area contributed by atoms with Crippen LogP contribution in [-0.2, 0) is 6.54 Å². The van der Waals surface area contributed by atoms with E-state index in [0.29, 0.717) is 23.9 Å². The van der Waals surface area contributed by atoms with Gasteiger partial charge in [-0.1, -0.05) is 53.6 Å². The highest BCUT2D eigenvalue weighted by molar-refractivity contribution is 7.09. The van der Waals surface area contributed by atoms with Crippen molar-refractivity contribution in [2.45, 2.75) is 20.4 Å². The van der Waals surface area contributed by atoms with Crippen LogP contribution < -0.4 is 5.32 Å². The molecule has 2 aromatic carbocycles. The second kappa shape index (κ2) is 7.78. The minimum absolute atomic E-state index is 0.209. The quantitative estimate of drug-likeness (QED) is 0.527. The van der Waals surface area contributed by atoms with E-state index in [2.05, 4.69) is 15.4 Å². The van der Waals surface area contributed by atoms with E-state index in [1.54, 1.807) is 11.3 Å². The summed E-state index contributed by atoms with van der Waals surface area (Å²) in [5, 5.41) is 9.79. The van der Waals surface area contributed by atoms with Gasteiger partial charge < -0.3 is 5.32 Å². The fourth-order valence-electron chi connectivity index (χ4n) is 2.79. The standard InChI is InChI=1S/C22H20N4OS/c1-15-5-9-17(10-6-15)20-24-22(23-14-19-4-3-13-28-19)26(25-20)21(27)18-11-7-16(2)8-12-18/h3-13H,14H2,1-2H3,(H,23,24,25). The summed E-state index contributed by atoms with van der Waals surface area (Å²) in [6, 6.07) is 19.5. The molecule has 0 fully saturated rings. The number of hydrogen-bond donors (Lipinski definition) is 1. The fraction of sp³-hybridized carbons (Fsp3) is 0.136. The molecule has 0 saturated carbocycles. The van der Waals surface area contributed by atoms with Crippen LogP contribution in [0.15, 0.2) is 66.0 Å². The van der Waals surface area contributed by atoms with Crippen LogP contribution in [0.4, 0.5) is 5.95 Å². The van der Waals surface area contributed by atoms with Crippen LogP contribution >= 0.6 is 11.3 Å². The number of thiophene rings is 1. The first-order valence-electron chi connectivity index (χ1n) is 9.02. The lowest BCUT2D eigenvalue weighted by molar-refractivity contribution is 0.0947. The van der Waals surface area contributed by atoms with Gasteiger partial charge in [0.05, 0.1) is 6.54 Å². The Morgan fingerprint density at radius 1 is 1.00 bits per heavy atom. The van der Waals surface area contributed by atoms with Crippen LogP contribution in [0.25, 0.3) is 11.4 Å². The third-order valence-electron chi connectivity index (χ3n) is 4.41. The third-order valence-corrected chi connectivity index (χ3v) is 5.29. The van der Waals surface area contributed by atoms with Crippen molar-refractivity contribution in [2.75, 3.05) is 5.32 Å². The molecule has 0 unspecified atom stereocenters. The van der Waals surface area contributed by atoms with Gasteiger partial charge >= 0.3 is 0 Å². The first-order chi connectivity index (χ1) is 13.6. The van der Waals surface area contributed by atoms with Gasteiger partial charge in [0.15, 0.2) is 5.82 Å². The van der Waals surface area contributed by atoms with Gasteiger partial charge in [-0.3, -0.25) is 4.79 Å². The second-order valence-electron chi connectivity index (χ2n) is 6.64. The number of hydrogen-bond acceptors (Lipinski definition) is 5. The molecule has 0 aliphatic carbocycles. The van der Waals surface area contributed by atoms with Crippen LogP contribution in [0.5, 0.6) is 0 Å². The van der Waals surface area contributed by atoms with E-state index >= 15 is 0 Å². The fourth-order valence-corrected chi connectivity index (χ4v) is 3.44.